The first-order valence-corrected chi connectivity index (χ1v) is 7.79. The molecule has 0 aliphatic carbocycles. The lowest BCUT2D eigenvalue weighted by Gasteiger charge is -2.16. The highest BCUT2D eigenvalue weighted by molar-refractivity contribution is 8.07. The lowest BCUT2D eigenvalue weighted by atomic mass is 10.3. The Morgan fingerprint density at radius 3 is 2.20 bits per heavy atom. The summed E-state index contributed by atoms with van der Waals surface area (Å²) < 4.78 is 15.7. The predicted molar refractivity (Wildman–Crippen MR) is 65.9 cm³/mol. The van der Waals surface area contributed by atoms with E-state index in [9.17, 15) is 0 Å². The zero-order chi connectivity index (χ0) is 11.6. The highest BCUT2D eigenvalue weighted by Gasteiger charge is 2.18. The smallest absolute Gasteiger partial charge is 0.370 e. The van der Waals surface area contributed by atoms with E-state index in [1.54, 1.807) is 0 Å². The van der Waals surface area contributed by atoms with Gasteiger partial charge in [0.1, 0.15) is 6.11 Å². The number of hydrogen-bond donors (Lipinski definition) is 0. The van der Waals surface area contributed by atoms with Crippen molar-refractivity contribution in [3.63, 3.8) is 0 Å². The fourth-order valence-electron chi connectivity index (χ4n) is 0.811. The summed E-state index contributed by atoms with van der Waals surface area (Å²) >= 11 is 5.12. The highest BCUT2D eigenvalue weighted by Crippen LogP contribution is 2.49. The topological polar surface area (TPSA) is 27.7 Å². The summed E-state index contributed by atoms with van der Waals surface area (Å²) in [4.78, 5) is 0. The lowest BCUT2D eigenvalue weighted by Crippen LogP contribution is -1.96. The third-order valence-electron chi connectivity index (χ3n) is 1.46. The molecule has 5 heteroatoms. The van der Waals surface area contributed by atoms with E-state index in [2.05, 4.69) is 19.0 Å². The van der Waals surface area contributed by atoms with Crippen LogP contribution in [-0.2, 0) is 25.4 Å². The van der Waals surface area contributed by atoms with Gasteiger partial charge in [-0.1, -0.05) is 19.3 Å². The molecule has 0 heterocycles. The fraction of sp³-hybridized carbons (Fsp3) is 0.800. The minimum Gasteiger partial charge on any atom is -0.370 e. The van der Waals surface area contributed by atoms with Crippen molar-refractivity contribution in [3.8, 4) is 12.0 Å². The van der Waals surface area contributed by atoms with Crippen LogP contribution >= 0.6 is 6.72 Å². The van der Waals surface area contributed by atoms with Crippen molar-refractivity contribution in [3.05, 3.63) is 0 Å². The van der Waals surface area contributed by atoms with Crippen LogP contribution < -0.4 is 0 Å². The Hall–Kier alpha value is -0.0700. The van der Waals surface area contributed by atoms with Gasteiger partial charge in [0.15, 0.2) is 0 Å². The van der Waals surface area contributed by atoms with E-state index in [1.165, 1.54) is 0 Å². The molecule has 3 nitrogen and oxygen atoms in total. The first kappa shape index (κ1) is 14.9. The number of rotatable bonds is 7. The van der Waals surface area contributed by atoms with E-state index < -0.39 is 6.72 Å². The van der Waals surface area contributed by atoms with Gasteiger partial charge in [0.2, 0.25) is 0 Å². The Bertz CT molecular complexity index is 247. The summed E-state index contributed by atoms with van der Waals surface area (Å²) in [6.45, 7) is 4.18. The molecule has 0 N–H and O–H groups in total. The van der Waals surface area contributed by atoms with Crippen LogP contribution in [0.25, 0.3) is 0 Å². The van der Waals surface area contributed by atoms with Crippen molar-refractivity contribution in [1.82, 2.24) is 0 Å². The van der Waals surface area contributed by atoms with Gasteiger partial charge in [-0.2, -0.15) is 0 Å². The van der Waals surface area contributed by atoms with Crippen molar-refractivity contribution in [2.45, 2.75) is 40.0 Å². The van der Waals surface area contributed by atoms with Gasteiger partial charge in [-0.25, -0.2) is 0 Å². The van der Waals surface area contributed by atoms with Crippen LogP contribution in [0.15, 0.2) is 0 Å². The second kappa shape index (κ2) is 9.18. The van der Waals surface area contributed by atoms with E-state index in [0.29, 0.717) is 13.2 Å². The Morgan fingerprint density at radius 1 is 1.13 bits per heavy atom. The van der Waals surface area contributed by atoms with Gasteiger partial charge in [0.05, 0.1) is 13.2 Å². The van der Waals surface area contributed by atoms with E-state index in [4.69, 9.17) is 25.4 Å². The minimum atomic E-state index is -2.61. The Kier molecular flexibility index (Phi) is 9.13. The molecule has 0 aromatic heterocycles. The van der Waals surface area contributed by atoms with E-state index in [-0.39, 0.29) is 0 Å². The van der Waals surface area contributed by atoms with Gasteiger partial charge in [0, 0.05) is 18.2 Å². The third kappa shape index (κ3) is 7.81. The summed E-state index contributed by atoms with van der Waals surface area (Å²) in [5.74, 6) is 2.89. The van der Waals surface area contributed by atoms with Crippen LogP contribution in [0.1, 0.15) is 40.0 Å². The zero-order valence-electron chi connectivity index (χ0n) is 9.62. The molecule has 0 saturated heterocycles. The summed E-state index contributed by atoms with van der Waals surface area (Å²) in [6, 6.07) is 0. The van der Waals surface area contributed by atoms with Crippen LogP contribution in [-0.4, -0.2) is 13.2 Å². The second-order valence-corrected chi connectivity index (χ2v) is 5.69. The normalized spacial score (nSPS) is 10.6. The van der Waals surface area contributed by atoms with Crippen molar-refractivity contribution < 1.29 is 13.6 Å². The average molecular weight is 250 g/mol. The van der Waals surface area contributed by atoms with Gasteiger partial charge in [-0.3, -0.25) is 9.05 Å². The zero-order valence-corrected chi connectivity index (χ0v) is 11.3. The van der Waals surface area contributed by atoms with Gasteiger partial charge in [-0.05, 0) is 20.3 Å². The Morgan fingerprint density at radius 2 is 1.73 bits per heavy atom. The largest absolute Gasteiger partial charge is 0.389 e. The summed E-state index contributed by atoms with van der Waals surface area (Å²) in [5.41, 5.74) is 0. The first-order chi connectivity index (χ1) is 7.18. The van der Waals surface area contributed by atoms with Crippen LogP contribution in [0.5, 0.6) is 0 Å². The maximum atomic E-state index is 5.26. The molecule has 0 aromatic carbocycles. The number of hydrogen-bond acceptors (Lipinski definition) is 4. The molecule has 0 atom stereocenters. The maximum Gasteiger partial charge on any atom is 0.389 e. The standard InChI is InChI=1S/C10H19O3PS/c1-4-7-8-9-10-13-14(15,11-5-2)12-6-3/h4-8H2,1-3H3. The lowest BCUT2D eigenvalue weighted by molar-refractivity contribution is 0.209. The molecule has 15 heavy (non-hydrogen) atoms. The minimum absolute atomic E-state index is 0.480. The van der Waals surface area contributed by atoms with E-state index >= 15 is 0 Å². The molecule has 0 saturated carbocycles. The molecule has 0 fully saturated rings. The summed E-state index contributed by atoms with van der Waals surface area (Å²) in [7, 11) is 0. The molecule has 0 amide bonds. The average Bonchev–Trinajstić information content (AvgIpc) is 2.18. The fourth-order valence-corrected chi connectivity index (χ4v) is 2.54. The molecular formula is C10H19O3PS. The molecule has 0 bridgehead atoms. The van der Waals surface area contributed by atoms with Crippen LogP contribution in [0.2, 0.25) is 0 Å². The molecule has 0 aromatic rings. The Balaban J connectivity index is 4.03. The molecule has 0 aliphatic heterocycles. The summed E-state index contributed by atoms with van der Waals surface area (Å²) in [6.07, 6.45) is 5.60. The van der Waals surface area contributed by atoms with Crippen molar-refractivity contribution in [2.24, 2.45) is 0 Å². The quantitative estimate of drug-likeness (QED) is 0.393. The van der Waals surface area contributed by atoms with Gasteiger partial charge in [0.25, 0.3) is 0 Å². The molecule has 0 aliphatic rings. The van der Waals surface area contributed by atoms with Crippen molar-refractivity contribution >= 4 is 18.5 Å². The van der Waals surface area contributed by atoms with E-state index in [0.717, 1.165) is 19.3 Å². The van der Waals surface area contributed by atoms with Crippen LogP contribution in [0, 0.1) is 12.0 Å². The molecular weight excluding hydrogens is 231 g/mol. The van der Waals surface area contributed by atoms with Crippen LogP contribution in [0.3, 0.4) is 0 Å². The monoisotopic (exact) mass is 250 g/mol. The molecule has 0 unspecified atom stereocenters. The molecule has 0 radical (unpaired) electrons. The first-order valence-electron chi connectivity index (χ1n) is 5.24. The Labute approximate surface area is 97.7 Å². The van der Waals surface area contributed by atoms with Crippen molar-refractivity contribution in [2.75, 3.05) is 13.2 Å². The maximum absolute atomic E-state index is 5.26. The highest BCUT2D eigenvalue weighted by atomic mass is 32.5. The van der Waals surface area contributed by atoms with Gasteiger partial charge < -0.3 is 4.52 Å². The second-order valence-electron chi connectivity index (χ2n) is 2.76. The third-order valence-corrected chi connectivity index (χ3v) is 3.78. The summed E-state index contributed by atoms with van der Waals surface area (Å²) in [5, 5.41) is 0. The molecule has 0 spiro atoms. The van der Waals surface area contributed by atoms with Gasteiger partial charge in [-0.15, -0.1) is 0 Å². The predicted octanol–water partition coefficient (Wildman–Crippen LogP) is 3.45. The van der Waals surface area contributed by atoms with Crippen LogP contribution in [0.4, 0.5) is 0 Å². The molecule has 88 valence electrons. The van der Waals surface area contributed by atoms with Crippen molar-refractivity contribution in [1.29, 1.82) is 0 Å². The van der Waals surface area contributed by atoms with E-state index in [1.807, 2.05) is 13.8 Å². The number of unbranched alkanes of at least 4 members (excludes halogenated alkanes) is 2. The molecule has 0 rings (SSSR count). The van der Waals surface area contributed by atoms with Gasteiger partial charge >= 0.3 is 6.72 Å². The SMILES string of the molecule is CCCCC#COP(=S)(OCC)OCC.